The summed E-state index contributed by atoms with van der Waals surface area (Å²) in [5.74, 6) is 1.14. The number of aliphatic hydroxyl groups is 1. The van der Waals surface area contributed by atoms with Crippen LogP contribution in [-0.2, 0) is 0 Å². The van der Waals surface area contributed by atoms with Crippen LogP contribution in [0.25, 0.3) is 0 Å². The van der Waals surface area contributed by atoms with Crippen molar-refractivity contribution in [2.45, 2.75) is 38.7 Å². The second-order valence-electron chi connectivity index (χ2n) is 5.19. The predicted molar refractivity (Wildman–Crippen MR) is 74.3 cm³/mol. The Labute approximate surface area is 113 Å². The Bertz CT molecular complexity index is 437. The van der Waals surface area contributed by atoms with Crippen molar-refractivity contribution in [1.29, 1.82) is 0 Å². The van der Waals surface area contributed by atoms with E-state index in [-0.39, 0.29) is 0 Å². The first-order chi connectivity index (χ1) is 9.03. The highest BCUT2D eigenvalue weighted by molar-refractivity contribution is 5.67. The van der Waals surface area contributed by atoms with Crippen LogP contribution in [0.1, 0.15) is 33.1 Å². The molecule has 0 amide bonds. The fourth-order valence-electron chi connectivity index (χ4n) is 2.35. The molecule has 3 N–H and O–H groups in total. The van der Waals surface area contributed by atoms with E-state index in [4.69, 9.17) is 10.5 Å². The summed E-state index contributed by atoms with van der Waals surface area (Å²) in [5.41, 5.74) is 5.94. The van der Waals surface area contributed by atoms with Crippen molar-refractivity contribution in [2.24, 2.45) is 0 Å². The molecule has 1 atom stereocenters. The van der Waals surface area contributed by atoms with Crippen molar-refractivity contribution in [2.75, 3.05) is 30.3 Å². The Balaban J connectivity index is 2.19. The van der Waals surface area contributed by atoms with E-state index >= 15 is 0 Å². The largest absolute Gasteiger partial charge is 0.476 e. The van der Waals surface area contributed by atoms with Crippen LogP contribution < -0.4 is 15.4 Å². The molecule has 2 heterocycles. The first-order valence-corrected chi connectivity index (χ1v) is 6.74. The van der Waals surface area contributed by atoms with E-state index in [2.05, 4.69) is 14.9 Å². The average molecular weight is 266 g/mol. The fourth-order valence-corrected chi connectivity index (χ4v) is 2.35. The van der Waals surface area contributed by atoms with Crippen molar-refractivity contribution in [1.82, 2.24) is 9.97 Å². The van der Waals surface area contributed by atoms with E-state index in [0.717, 1.165) is 25.9 Å². The smallest absolute Gasteiger partial charge is 0.242 e. The Morgan fingerprint density at radius 1 is 1.42 bits per heavy atom. The van der Waals surface area contributed by atoms with Crippen LogP contribution >= 0.6 is 0 Å². The maximum atomic E-state index is 10.1. The molecule has 1 saturated heterocycles. The summed E-state index contributed by atoms with van der Waals surface area (Å²) in [4.78, 5) is 10.4. The summed E-state index contributed by atoms with van der Waals surface area (Å²) >= 11 is 0. The van der Waals surface area contributed by atoms with Crippen LogP contribution in [0.4, 0.5) is 11.5 Å². The molecule has 1 aromatic heterocycles. The molecular weight excluding hydrogens is 244 g/mol. The average Bonchev–Trinajstić information content (AvgIpc) is 2.53. The lowest BCUT2D eigenvalue weighted by Gasteiger charge is -2.24. The van der Waals surface area contributed by atoms with Gasteiger partial charge >= 0.3 is 0 Å². The van der Waals surface area contributed by atoms with Crippen molar-refractivity contribution in [3.8, 4) is 5.88 Å². The van der Waals surface area contributed by atoms with Gasteiger partial charge in [-0.15, -0.1) is 0 Å². The first kappa shape index (κ1) is 13.9. The van der Waals surface area contributed by atoms with E-state index in [1.165, 1.54) is 6.33 Å². The number of hydrogen-bond acceptors (Lipinski definition) is 6. The number of nitrogens with zero attached hydrogens (tertiary/aromatic N) is 3. The number of rotatable bonds is 3. The van der Waals surface area contributed by atoms with Gasteiger partial charge < -0.3 is 20.5 Å². The number of nitrogen functional groups attached to an aromatic ring is 1. The third kappa shape index (κ3) is 3.26. The van der Waals surface area contributed by atoms with Gasteiger partial charge in [0, 0.05) is 13.1 Å². The quantitative estimate of drug-likeness (QED) is 0.855. The van der Waals surface area contributed by atoms with Gasteiger partial charge in [-0.25, -0.2) is 4.98 Å². The zero-order chi connectivity index (χ0) is 13.9. The SMILES string of the molecule is CCOc1ncnc(N2CCCC(C)(O)CC2)c1N. The monoisotopic (exact) mass is 266 g/mol. The van der Waals surface area contributed by atoms with Gasteiger partial charge in [0.25, 0.3) is 0 Å². The van der Waals surface area contributed by atoms with Gasteiger partial charge in [0.15, 0.2) is 5.82 Å². The molecule has 6 heteroatoms. The Kier molecular flexibility index (Phi) is 4.09. The van der Waals surface area contributed by atoms with Crippen molar-refractivity contribution in [3.05, 3.63) is 6.33 Å². The first-order valence-electron chi connectivity index (χ1n) is 6.74. The van der Waals surface area contributed by atoms with E-state index in [1.807, 2.05) is 13.8 Å². The maximum absolute atomic E-state index is 10.1. The van der Waals surface area contributed by atoms with E-state index in [9.17, 15) is 5.11 Å². The Hall–Kier alpha value is -1.56. The lowest BCUT2D eigenvalue weighted by molar-refractivity contribution is 0.0481. The standard InChI is InChI=1S/C13H22N4O2/c1-3-19-12-10(14)11(15-9-16-12)17-7-4-5-13(2,18)6-8-17/h9,18H,3-8,14H2,1-2H3. The summed E-state index contributed by atoms with van der Waals surface area (Å²) in [6.45, 7) is 5.87. The highest BCUT2D eigenvalue weighted by Gasteiger charge is 2.26. The zero-order valence-electron chi connectivity index (χ0n) is 11.6. The molecule has 0 aromatic carbocycles. The number of anilines is 2. The molecule has 0 aliphatic carbocycles. The minimum atomic E-state index is -0.598. The Morgan fingerprint density at radius 3 is 2.95 bits per heavy atom. The van der Waals surface area contributed by atoms with Gasteiger partial charge in [0.05, 0.1) is 12.2 Å². The molecule has 1 aliphatic heterocycles. The van der Waals surface area contributed by atoms with Crippen LogP contribution in [-0.4, -0.2) is 40.4 Å². The van der Waals surface area contributed by atoms with Crippen molar-refractivity contribution >= 4 is 11.5 Å². The molecule has 0 radical (unpaired) electrons. The zero-order valence-corrected chi connectivity index (χ0v) is 11.6. The normalized spacial score (nSPS) is 24.1. The maximum Gasteiger partial charge on any atom is 0.242 e. The van der Waals surface area contributed by atoms with Crippen LogP contribution in [0.3, 0.4) is 0 Å². The highest BCUT2D eigenvalue weighted by Crippen LogP contribution is 2.31. The molecule has 1 aliphatic rings. The summed E-state index contributed by atoms with van der Waals surface area (Å²) in [6.07, 6.45) is 3.90. The predicted octanol–water partition coefficient (Wildman–Crippen LogP) is 1.20. The molecule has 0 spiro atoms. The van der Waals surface area contributed by atoms with Crippen LogP contribution in [0, 0.1) is 0 Å². The van der Waals surface area contributed by atoms with E-state index in [0.29, 0.717) is 30.4 Å². The summed E-state index contributed by atoms with van der Waals surface area (Å²) < 4.78 is 5.39. The molecule has 2 rings (SSSR count). The third-order valence-electron chi connectivity index (χ3n) is 3.47. The second-order valence-corrected chi connectivity index (χ2v) is 5.19. The van der Waals surface area contributed by atoms with Crippen LogP contribution in [0.5, 0.6) is 5.88 Å². The molecule has 6 nitrogen and oxygen atoms in total. The summed E-state index contributed by atoms with van der Waals surface area (Å²) in [6, 6.07) is 0. The van der Waals surface area contributed by atoms with Crippen molar-refractivity contribution < 1.29 is 9.84 Å². The second kappa shape index (κ2) is 5.61. The van der Waals surface area contributed by atoms with Gasteiger partial charge in [-0.3, -0.25) is 0 Å². The van der Waals surface area contributed by atoms with Crippen molar-refractivity contribution in [3.63, 3.8) is 0 Å². The molecule has 19 heavy (non-hydrogen) atoms. The molecule has 0 saturated carbocycles. The van der Waals surface area contributed by atoms with Gasteiger partial charge in [-0.2, -0.15) is 4.98 Å². The molecule has 1 fully saturated rings. The molecular formula is C13H22N4O2. The van der Waals surface area contributed by atoms with Gasteiger partial charge in [-0.1, -0.05) is 0 Å². The van der Waals surface area contributed by atoms with Gasteiger partial charge in [0.1, 0.15) is 12.0 Å². The molecule has 0 bridgehead atoms. The minimum Gasteiger partial charge on any atom is -0.476 e. The molecule has 106 valence electrons. The topological polar surface area (TPSA) is 84.5 Å². The van der Waals surface area contributed by atoms with E-state index < -0.39 is 5.60 Å². The number of hydrogen-bond donors (Lipinski definition) is 2. The minimum absolute atomic E-state index is 0.434. The summed E-state index contributed by atoms with van der Waals surface area (Å²) in [5, 5.41) is 10.1. The van der Waals surface area contributed by atoms with E-state index in [1.54, 1.807) is 0 Å². The lowest BCUT2D eigenvalue weighted by Crippen LogP contribution is -2.29. The number of aromatic nitrogens is 2. The van der Waals surface area contributed by atoms with Gasteiger partial charge in [-0.05, 0) is 33.1 Å². The number of nitrogens with two attached hydrogens (primary N) is 1. The third-order valence-corrected chi connectivity index (χ3v) is 3.47. The lowest BCUT2D eigenvalue weighted by atomic mass is 9.98. The molecule has 1 unspecified atom stereocenters. The fraction of sp³-hybridized carbons (Fsp3) is 0.692. The highest BCUT2D eigenvalue weighted by atomic mass is 16.5. The number of ether oxygens (including phenoxy) is 1. The summed E-state index contributed by atoms with van der Waals surface area (Å²) in [7, 11) is 0. The van der Waals surface area contributed by atoms with Crippen LogP contribution in [0.15, 0.2) is 6.33 Å². The molecule has 1 aromatic rings. The van der Waals surface area contributed by atoms with Gasteiger partial charge in [0.2, 0.25) is 5.88 Å². The Morgan fingerprint density at radius 2 is 2.21 bits per heavy atom. The van der Waals surface area contributed by atoms with Crippen LogP contribution in [0.2, 0.25) is 0 Å².